The highest BCUT2D eigenvalue weighted by molar-refractivity contribution is 14.1. The first-order chi connectivity index (χ1) is 11.7. The highest BCUT2D eigenvalue weighted by Crippen LogP contribution is 2.31. The minimum atomic E-state index is 0.587. The first-order valence-corrected chi connectivity index (χ1v) is 9.20. The van der Waals surface area contributed by atoms with Gasteiger partial charge in [-0.1, -0.05) is 55.5 Å². The van der Waals surface area contributed by atoms with E-state index in [4.69, 9.17) is 9.97 Å². The summed E-state index contributed by atoms with van der Waals surface area (Å²) in [6, 6.07) is 16.6. The monoisotopic (exact) mass is 424 g/mol. The second kappa shape index (κ2) is 6.48. The molecule has 1 unspecified atom stereocenters. The second-order valence-electron chi connectivity index (χ2n) is 6.15. The van der Waals surface area contributed by atoms with Crippen molar-refractivity contribution in [1.82, 2.24) is 9.97 Å². The molecule has 0 radical (unpaired) electrons. The van der Waals surface area contributed by atoms with Gasteiger partial charge in [0.05, 0.1) is 22.4 Å². The van der Waals surface area contributed by atoms with Crippen LogP contribution in [-0.2, 0) is 0 Å². The van der Waals surface area contributed by atoms with E-state index in [1.54, 1.807) is 0 Å². The van der Waals surface area contributed by atoms with Gasteiger partial charge < -0.3 is 0 Å². The van der Waals surface area contributed by atoms with Crippen LogP contribution >= 0.6 is 22.6 Å². The zero-order chi connectivity index (χ0) is 16.5. The van der Waals surface area contributed by atoms with Crippen LogP contribution in [0.4, 0.5) is 0 Å². The Morgan fingerprint density at radius 3 is 2.50 bits per heavy atom. The van der Waals surface area contributed by atoms with Crippen molar-refractivity contribution in [3.8, 4) is 11.3 Å². The van der Waals surface area contributed by atoms with E-state index in [1.807, 2.05) is 18.2 Å². The summed E-state index contributed by atoms with van der Waals surface area (Å²) < 4.78 is 1.17. The summed E-state index contributed by atoms with van der Waals surface area (Å²) >= 11 is 2.32. The predicted octanol–water partition coefficient (Wildman–Crippen LogP) is 5.88. The third-order valence-electron chi connectivity index (χ3n) is 4.26. The Morgan fingerprint density at radius 2 is 1.75 bits per heavy atom. The Balaban J connectivity index is 1.96. The molecule has 0 N–H and O–H groups in total. The molecule has 1 heterocycles. The maximum absolute atomic E-state index is 4.96. The van der Waals surface area contributed by atoms with Crippen molar-refractivity contribution in [2.75, 3.05) is 0 Å². The Hall–Kier alpha value is -2.01. The molecule has 0 fully saturated rings. The molecule has 0 spiro atoms. The number of hydrogen-bond acceptors (Lipinski definition) is 2. The van der Waals surface area contributed by atoms with Gasteiger partial charge in [-0.25, -0.2) is 9.97 Å². The van der Waals surface area contributed by atoms with Gasteiger partial charge in [0.15, 0.2) is 0 Å². The highest BCUT2D eigenvalue weighted by Gasteiger charge is 2.15. The van der Waals surface area contributed by atoms with Gasteiger partial charge in [-0.05, 0) is 58.7 Å². The summed E-state index contributed by atoms with van der Waals surface area (Å²) in [5.41, 5.74) is 6.08. The fourth-order valence-electron chi connectivity index (χ4n) is 2.93. The first kappa shape index (κ1) is 15.5. The van der Waals surface area contributed by atoms with Crippen LogP contribution in [0.3, 0.4) is 0 Å². The van der Waals surface area contributed by atoms with Crippen molar-refractivity contribution in [2.45, 2.75) is 13.3 Å². The van der Waals surface area contributed by atoms with Crippen LogP contribution in [0, 0.1) is 9.49 Å². The largest absolute Gasteiger partial charge is 0.244 e. The van der Waals surface area contributed by atoms with E-state index in [2.05, 4.69) is 78.1 Å². The summed E-state index contributed by atoms with van der Waals surface area (Å²) in [4.78, 5) is 9.91. The molecule has 4 rings (SSSR count). The molecule has 3 aromatic rings. The zero-order valence-corrected chi connectivity index (χ0v) is 15.6. The number of benzene rings is 2. The number of fused-ring (bicyclic) bond motifs is 1. The summed E-state index contributed by atoms with van der Waals surface area (Å²) in [5.74, 6) is 0.587. The average Bonchev–Trinajstić information content (AvgIpc) is 2.62. The molecule has 24 heavy (non-hydrogen) atoms. The quantitative estimate of drug-likeness (QED) is 0.480. The fraction of sp³-hybridized carbons (Fsp3) is 0.143. The highest BCUT2D eigenvalue weighted by atomic mass is 127. The lowest BCUT2D eigenvalue weighted by molar-refractivity contribution is 0.738. The van der Waals surface area contributed by atoms with E-state index in [0.29, 0.717) is 5.92 Å². The van der Waals surface area contributed by atoms with E-state index in [9.17, 15) is 0 Å². The predicted molar refractivity (Wildman–Crippen MR) is 109 cm³/mol. The fourth-order valence-corrected chi connectivity index (χ4v) is 3.40. The van der Waals surface area contributed by atoms with Gasteiger partial charge in [-0.2, -0.15) is 0 Å². The zero-order valence-electron chi connectivity index (χ0n) is 13.4. The molecule has 2 aromatic carbocycles. The van der Waals surface area contributed by atoms with E-state index >= 15 is 0 Å². The van der Waals surface area contributed by atoms with Gasteiger partial charge in [-0.3, -0.25) is 0 Å². The standard InChI is InChI=1S/C21H17IN2/c1-14-7-9-16(10-8-14)21-20(15-5-3-2-4-6-15)24-19-13-17(22)11-12-18(19)23-21/h2-7,9-14H,8H2,1H3. The van der Waals surface area contributed by atoms with Crippen molar-refractivity contribution in [3.63, 3.8) is 0 Å². The lowest BCUT2D eigenvalue weighted by atomic mass is 9.94. The number of hydrogen-bond donors (Lipinski definition) is 0. The van der Waals surface area contributed by atoms with Gasteiger partial charge >= 0.3 is 0 Å². The van der Waals surface area contributed by atoms with E-state index in [1.165, 1.54) is 9.14 Å². The van der Waals surface area contributed by atoms with E-state index in [0.717, 1.165) is 34.4 Å². The third-order valence-corrected chi connectivity index (χ3v) is 4.93. The van der Waals surface area contributed by atoms with Gasteiger partial charge in [0.2, 0.25) is 0 Å². The molecule has 1 aromatic heterocycles. The first-order valence-electron chi connectivity index (χ1n) is 8.12. The minimum absolute atomic E-state index is 0.587. The topological polar surface area (TPSA) is 25.8 Å². The number of allylic oxidation sites excluding steroid dienone is 4. The SMILES string of the molecule is CC1C=CC(c2nc3ccc(I)cc3nc2-c2ccccc2)=CC1. The number of nitrogens with zero attached hydrogens (tertiary/aromatic N) is 2. The van der Waals surface area contributed by atoms with E-state index in [-0.39, 0.29) is 0 Å². The van der Waals surface area contributed by atoms with Crippen molar-refractivity contribution < 1.29 is 0 Å². The van der Waals surface area contributed by atoms with Crippen LogP contribution in [0.5, 0.6) is 0 Å². The molecule has 0 amide bonds. The van der Waals surface area contributed by atoms with Gasteiger partial charge in [-0.15, -0.1) is 0 Å². The minimum Gasteiger partial charge on any atom is -0.244 e. The summed E-state index contributed by atoms with van der Waals surface area (Å²) in [6.07, 6.45) is 7.76. The Labute approximate surface area is 155 Å². The average molecular weight is 424 g/mol. The smallest absolute Gasteiger partial charge is 0.0972 e. The molecule has 0 saturated carbocycles. The second-order valence-corrected chi connectivity index (χ2v) is 7.40. The maximum atomic E-state index is 4.96. The van der Waals surface area contributed by atoms with Crippen LogP contribution < -0.4 is 0 Å². The molecule has 0 bridgehead atoms. The summed E-state index contributed by atoms with van der Waals surface area (Å²) in [5, 5.41) is 0. The van der Waals surface area contributed by atoms with E-state index < -0.39 is 0 Å². The third kappa shape index (κ3) is 3.00. The van der Waals surface area contributed by atoms with Crippen LogP contribution in [0.2, 0.25) is 0 Å². The van der Waals surface area contributed by atoms with Gasteiger partial charge in [0.25, 0.3) is 0 Å². The molecule has 1 aliphatic rings. The molecule has 118 valence electrons. The molecule has 2 nitrogen and oxygen atoms in total. The van der Waals surface area contributed by atoms with Crippen LogP contribution in [0.1, 0.15) is 19.0 Å². The van der Waals surface area contributed by atoms with Gasteiger partial charge in [0.1, 0.15) is 0 Å². The Morgan fingerprint density at radius 1 is 0.958 bits per heavy atom. The molecule has 1 aliphatic carbocycles. The van der Waals surface area contributed by atoms with Crippen molar-refractivity contribution >= 4 is 39.2 Å². The molecule has 0 aliphatic heterocycles. The van der Waals surface area contributed by atoms with Crippen molar-refractivity contribution in [2.24, 2.45) is 5.92 Å². The van der Waals surface area contributed by atoms with Crippen LogP contribution in [-0.4, -0.2) is 9.97 Å². The number of aromatic nitrogens is 2. The van der Waals surface area contributed by atoms with Crippen LogP contribution in [0.25, 0.3) is 27.9 Å². The summed E-state index contributed by atoms with van der Waals surface area (Å²) in [7, 11) is 0. The Bertz CT molecular complexity index is 958. The number of halogens is 1. The molecular weight excluding hydrogens is 407 g/mol. The molecule has 0 saturated heterocycles. The lowest BCUT2D eigenvalue weighted by Gasteiger charge is -2.15. The summed E-state index contributed by atoms with van der Waals surface area (Å²) in [6.45, 7) is 2.23. The lowest BCUT2D eigenvalue weighted by Crippen LogP contribution is -2.01. The van der Waals surface area contributed by atoms with Crippen LogP contribution in [0.15, 0.2) is 66.8 Å². The molecule has 1 atom stereocenters. The van der Waals surface area contributed by atoms with Gasteiger partial charge in [0, 0.05) is 9.13 Å². The van der Waals surface area contributed by atoms with Crippen molar-refractivity contribution in [1.29, 1.82) is 0 Å². The maximum Gasteiger partial charge on any atom is 0.0972 e. The normalized spacial score (nSPS) is 17.1. The Kier molecular flexibility index (Phi) is 4.19. The molecule has 3 heteroatoms. The number of rotatable bonds is 2. The van der Waals surface area contributed by atoms with Crippen molar-refractivity contribution in [3.05, 3.63) is 76.0 Å². The molecular formula is C21H17IN2.